The Morgan fingerprint density at radius 1 is 1.80 bits per heavy atom. The van der Waals surface area contributed by atoms with Gasteiger partial charge in [0.25, 0.3) is 0 Å². The minimum atomic E-state index is 0.431. The Kier molecular flexibility index (Phi) is 1.97. The predicted octanol–water partition coefficient (Wildman–Crippen LogP) is 1.84. The van der Waals surface area contributed by atoms with Crippen LogP contribution in [0.1, 0.15) is 5.69 Å². The molecule has 0 spiro atoms. The van der Waals surface area contributed by atoms with Gasteiger partial charge in [-0.3, -0.25) is 0 Å². The van der Waals surface area contributed by atoms with Gasteiger partial charge in [-0.2, -0.15) is 0 Å². The number of azide groups is 1. The molecule has 0 atom stereocenters. The maximum Gasteiger partial charge on any atom is 0.0663 e. The van der Waals surface area contributed by atoms with E-state index in [1.807, 2.05) is 29.9 Å². The first kappa shape index (κ1) is 6.71. The highest BCUT2D eigenvalue weighted by Gasteiger charge is 1.91. The fraction of sp³-hybridized carbons (Fsp3) is 0.333. The summed E-state index contributed by atoms with van der Waals surface area (Å²) in [5, 5.41) is 3.43. The fourth-order valence-corrected chi connectivity index (χ4v) is 0.765. The lowest BCUT2D eigenvalue weighted by molar-refractivity contribution is 0.821. The van der Waals surface area contributed by atoms with Crippen LogP contribution in [0.3, 0.4) is 0 Å². The predicted molar refractivity (Wildman–Crippen MR) is 38.3 cm³/mol. The Labute approximate surface area is 58.7 Å². The standard InChI is InChI=1S/C6H8N4/c1-10-4-2-3-6(10)5-8-9-7/h2-4H,5H2,1H3. The summed E-state index contributed by atoms with van der Waals surface area (Å²) < 4.78 is 1.93. The van der Waals surface area contributed by atoms with Crippen LogP contribution in [0.4, 0.5) is 0 Å². The number of aromatic nitrogens is 1. The van der Waals surface area contributed by atoms with Crippen molar-refractivity contribution in [2.24, 2.45) is 12.2 Å². The van der Waals surface area contributed by atoms with E-state index < -0.39 is 0 Å². The maximum atomic E-state index is 8.01. The summed E-state index contributed by atoms with van der Waals surface area (Å²) >= 11 is 0. The monoisotopic (exact) mass is 136 g/mol. The van der Waals surface area contributed by atoms with Gasteiger partial charge in [0.15, 0.2) is 0 Å². The number of nitrogens with zero attached hydrogens (tertiary/aromatic N) is 4. The SMILES string of the molecule is Cn1cccc1CN=[N+]=[N-]. The van der Waals surface area contributed by atoms with Crippen molar-refractivity contribution in [1.29, 1.82) is 0 Å². The number of aryl methyl sites for hydroxylation is 1. The van der Waals surface area contributed by atoms with Crippen molar-refractivity contribution in [2.75, 3.05) is 0 Å². The first-order valence-electron chi connectivity index (χ1n) is 2.95. The zero-order chi connectivity index (χ0) is 7.40. The second-order valence-corrected chi connectivity index (χ2v) is 2.00. The Morgan fingerprint density at radius 3 is 3.10 bits per heavy atom. The average Bonchev–Trinajstić information content (AvgIpc) is 2.31. The molecule has 4 nitrogen and oxygen atoms in total. The van der Waals surface area contributed by atoms with Crippen LogP contribution >= 0.6 is 0 Å². The molecule has 0 saturated heterocycles. The van der Waals surface area contributed by atoms with Crippen LogP contribution in [-0.4, -0.2) is 4.57 Å². The van der Waals surface area contributed by atoms with Gasteiger partial charge in [0.05, 0.1) is 6.54 Å². The van der Waals surface area contributed by atoms with E-state index in [1.54, 1.807) is 0 Å². The molecule has 0 aliphatic carbocycles. The van der Waals surface area contributed by atoms with Crippen LogP contribution in [0, 0.1) is 0 Å². The van der Waals surface area contributed by atoms with E-state index in [9.17, 15) is 0 Å². The van der Waals surface area contributed by atoms with Crippen molar-refractivity contribution in [3.63, 3.8) is 0 Å². The molecule has 10 heavy (non-hydrogen) atoms. The summed E-state index contributed by atoms with van der Waals surface area (Å²) in [5.41, 5.74) is 9.03. The van der Waals surface area contributed by atoms with Crippen LogP contribution in [0.15, 0.2) is 23.4 Å². The topological polar surface area (TPSA) is 53.7 Å². The van der Waals surface area contributed by atoms with Crippen molar-refractivity contribution in [2.45, 2.75) is 6.54 Å². The molecule has 0 bridgehead atoms. The van der Waals surface area contributed by atoms with Gasteiger partial charge in [0, 0.05) is 23.9 Å². The summed E-state index contributed by atoms with van der Waals surface area (Å²) in [5.74, 6) is 0. The molecule has 1 heterocycles. The third-order valence-electron chi connectivity index (χ3n) is 1.35. The van der Waals surface area contributed by atoms with Crippen LogP contribution < -0.4 is 0 Å². The van der Waals surface area contributed by atoms with E-state index in [4.69, 9.17) is 5.53 Å². The summed E-state index contributed by atoms with van der Waals surface area (Å²) in [6.45, 7) is 0.431. The van der Waals surface area contributed by atoms with E-state index in [0.29, 0.717) is 6.54 Å². The van der Waals surface area contributed by atoms with Gasteiger partial charge in [-0.05, 0) is 17.7 Å². The zero-order valence-electron chi connectivity index (χ0n) is 5.73. The number of hydrogen-bond acceptors (Lipinski definition) is 1. The lowest BCUT2D eigenvalue weighted by atomic mass is 10.4. The molecule has 1 rings (SSSR count). The molecule has 4 heteroatoms. The van der Waals surface area contributed by atoms with Gasteiger partial charge in [-0.15, -0.1) is 0 Å². The normalized spacial score (nSPS) is 8.90. The number of hydrogen-bond donors (Lipinski definition) is 0. The molecule has 0 N–H and O–H groups in total. The molecule has 52 valence electrons. The molecule has 0 radical (unpaired) electrons. The highest BCUT2D eigenvalue weighted by Crippen LogP contribution is 2.00. The Bertz CT molecular complexity index is 256. The summed E-state index contributed by atoms with van der Waals surface area (Å²) in [6.07, 6.45) is 1.92. The fourth-order valence-electron chi connectivity index (χ4n) is 0.765. The molecule has 0 fully saturated rings. The molecule has 1 aromatic rings. The molecule has 0 saturated carbocycles. The summed E-state index contributed by atoms with van der Waals surface area (Å²) in [4.78, 5) is 2.66. The quantitative estimate of drug-likeness (QED) is 0.338. The van der Waals surface area contributed by atoms with Gasteiger partial charge >= 0.3 is 0 Å². The van der Waals surface area contributed by atoms with Gasteiger partial charge in [0.1, 0.15) is 0 Å². The van der Waals surface area contributed by atoms with E-state index in [1.165, 1.54) is 0 Å². The second kappa shape index (κ2) is 2.94. The highest BCUT2D eigenvalue weighted by molar-refractivity contribution is 5.05. The maximum absolute atomic E-state index is 8.01. The second-order valence-electron chi connectivity index (χ2n) is 2.00. The largest absolute Gasteiger partial charge is 0.354 e. The smallest absolute Gasteiger partial charge is 0.0663 e. The van der Waals surface area contributed by atoms with Gasteiger partial charge in [0.2, 0.25) is 0 Å². The minimum absolute atomic E-state index is 0.431. The summed E-state index contributed by atoms with van der Waals surface area (Å²) in [7, 11) is 1.92. The minimum Gasteiger partial charge on any atom is -0.354 e. The van der Waals surface area contributed by atoms with Gasteiger partial charge < -0.3 is 4.57 Å². The van der Waals surface area contributed by atoms with Crippen molar-refractivity contribution >= 4 is 0 Å². The third-order valence-corrected chi connectivity index (χ3v) is 1.35. The molecule has 0 amide bonds. The molecule has 1 aromatic heterocycles. The molecular weight excluding hydrogens is 128 g/mol. The van der Waals surface area contributed by atoms with E-state index >= 15 is 0 Å². The van der Waals surface area contributed by atoms with E-state index in [0.717, 1.165) is 5.69 Å². The lowest BCUT2D eigenvalue weighted by Gasteiger charge is -1.95. The summed E-state index contributed by atoms with van der Waals surface area (Å²) in [6, 6.07) is 3.84. The Hall–Kier alpha value is -1.41. The highest BCUT2D eigenvalue weighted by atomic mass is 15.1. The van der Waals surface area contributed by atoms with Crippen molar-refractivity contribution in [3.05, 3.63) is 34.5 Å². The van der Waals surface area contributed by atoms with Crippen LogP contribution in [0.5, 0.6) is 0 Å². The van der Waals surface area contributed by atoms with Crippen molar-refractivity contribution in [3.8, 4) is 0 Å². The molecule has 0 unspecified atom stereocenters. The van der Waals surface area contributed by atoms with Crippen LogP contribution in [0.25, 0.3) is 10.4 Å². The average molecular weight is 136 g/mol. The van der Waals surface area contributed by atoms with E-state index in [-0.39, 0.29) is 0 Å². The van der Waals surface area contributed by atoms with Crippen molar-refractivity contribution in [1.82, 2.24) is 4.57 Å². The molecule has 0 aliphatic rings. The first-order chi connectivity index (χ1) is 4.84. The van der Waals surface area contributed by atoms with Crippen molar-refractivity contribution < 1.29 is 0 Å². The molecule has 0 aromatic carbocycles. The molecule has 0 aliphatic heterocycles. The number of rotatable bonds is 2. The van der Waals surface area contributed by atoms with Crippen LogP contribution in [-0.2, 0) is 13.6 Å². The first-order valence-corrected chi connectivity index (χ1v) is 2.95. The van der Waals surface area contributed by atoms with Crippen LogP contribution in [0.2, 0.25) is 0 Å². The van der Waals surface area contributed by atoms with Gasteiger partial charge in [-0.25, -0.2) is 0 Å². The van der Waals surface area contributed by atoms with E-state index in [2.05, 4.69) is 10.0 Å². The zero-order valence-corrected chi connectivity index (χ0v) is 5.73. The third kappa shape index (κ3) is 1.30. The molecular formula is C6H8N4. The van der Waals surface area contributed by atoms with Gasteiger partial charge in [-0.1, -0.05) is 5.11 Å². The lowest BCUT2D eigenvalue weighted by Crippen LogP contribution is -1.91. The Balaban J connectivity index is 2.74. The Morgan fingerprint density at radius 2 is 2.60 bits per heavy atom.